The Morgan fingerprint density at radius 1 is 0.911 bits per heavy atom. The average Bonchev–Trinajstić information content (AvgIpc) is 3.04. The van der Waals surface area contributed by atoms with Gasteiger partial charge in [-0.1, -0.05) is 78.9 Å². The number of nitrogens with one attached hydrogen (secondary N) is 1. The summed E-state index contributed by atoms with van der Waals surface area (Å²) in [7, 11) is 0. The average molecular weight is 624 g/mol. The summed E-state index contributed by atoms with van der Waals surface area (Å²) >= 11 is 1.40. The fourth-order valence-electron chi connectivity index (χ4n) is 5.45. The van der Waals surface area contributed by atoms with Crippen LogP contribution in [0.1, 0.15) is 38.0 Å². The van der Waals surface area contributed by atoms with Gasteiger partial charge in [0.1, 0.15) is 22.7 Å². The van der Waals surface area contributed by atoms with E-state index in [1.807, 2.05) is 91.0 Å². The lowest BCUT2D eigenvalue weighted by molar-refractivity contribution is -0.153. The van der Waals surface area contributed by atoms with E-state index in [1.54, 1.807) is 31.7 Å². The van der Waals surface area contributed by atoms with E-state index in [-0.39, 0.29) is 11.6 Å². The molecule has 1 N–H and O–H groups in total. The number of esters is 1. The molecule has 2 fully saturated rings. The van der Waals surface area contributed by atoms with Crippen LogP contribution in [-0.2, 0) is 23.9 Å². The minimum atomic E-state index is -0.875. The van der Waals surface area contributed by atoms with E-state index in [0.717, 1.165) is 16.8 Å². The van der Waals surface area contributed by atoms with Gasteiger partial charge in [-0.15, -0.1) is 11.8 Å². The molecule has 9 nitrogen and oxygen atoms in total. The van der Waals surface area contributed by atoms with Crippen molar-refractivity contribution in [3.63, 3.8) is 0 Å². The number of carbonyl (C=O) groups excluding carboxylic acids is 4. The number of ether oxygens (including phenoxy) is 2. The van der Waals surface area contributed by atoms with Gasteiger partial charge in [0.15, 0.2) is 6.10 Å². The van der Waals surface area contributed by atoms with E-state index < -0.39 is 41.1 Å². The van der Waals surface area contributed by atoms with Crippen molar-refractivity contribution in [2.45, 2.75) is 43.9 Å². The Kier molecular flexibility index (Phi) is 8.24. The number of para-hydroxylation sites is 1. The molecular formula is C35H33N3O6S. The molecule has 0 radical (unpaired) electrons. The predicted molar refractivity (Wildman–Crippen MR) is 171 cm³/mol. The van der Waals surface area contributed by atoms with Gasteiger partial charge in [-0.2, -0.15) is 0 Å². The fraction of sp³-hybridized carbons (Fsp3) is 0.257. The van der Waals surface area contributed by atoms with Crippen LogP contribution in [0.2, 0.25) is 0 Å². The van der Waals surface area contributed by atoms with Crippen molar-refractivity contribution in [3.8, 4) is 0 Å². The van der Waals surface area contributed by atoms with Crippen LogP contribution in [0.3, 0.4) is 0 Å². The van der Waals surface area contributed by atoms with E-state index in [4.69, 9.17) is 9.47 Å². The highest BCUT2D eigenvalue weighted by Crippen LogP contribution is 2.43. The van der Waals surface area contributed by atoms with Gasteiger partial charge in [0.05, 0.1) is 6.54 Å². The molecule has 0 unspecified atom stereocenters. The number of alkyl carbamates (subject to hydrolysis) is 1. The number of carbonyl (C=O) groups is 4. The minimum absolute atomic E-state index is 0.0707. The van der Waals surface area contributed by atoms with Crippen molar-refractivity contribution in [1.29, 1.82) is 0 Å². The topological polar surface area (TPSA) is 105 Å². The Hall–Kier alpha value is -4.83. The van der Waals surface area contributed by atoms with Gasteiger partial charge in [-0.3, -0.25) is 14.5 Å². The molecule has 3 amide bonds. The van der Waals surface area contributed by atoms with Gasteiger partial charge in [0.2, 0.25) is 0 Å². The van der Waals surface area contributed by atoms with Crippen LogP contribution in [0, 0.1) is 0 Å². The number of anilines is 1. The Balaban J connectivity index is 1.32. The number of benzene rings is 3. The summed E-state index contributed by atoms with van der Waals surface area (Å²) in [6, 6.07) is 27.2. The third-order valence-electron chi connectivity index (χ3n) is 7.56. The van der Waals surface area contributed by atoms with Gasteiger partial charge in [-0.25, -0.2) is 9.59 Å². The smallest absolute Gasteiger partial charge is 0.408 e. The molecule has 0 saturated carbocycles. The molecule has 0 aromatic heterocycles. The number of allylic oxidation sites excluding steroid dienone is 1. The second kappa shape index (κ2) is 12.3. The summed E-state index contributed by atoms with van der Waals surface area (Å²) in [6.45, 7) is 5.59. The first-order valence-corrected chi connectivity index (χ1v) is 15.7. The van der Waals surface area contributed by atoms with Crippen LogP contribution in [0.25, 0.3) is 0 Å². The van der Waals surface area contributed by atoms with Gasteiger partial charge in [-0.05, 0) is 55.7 Å². The van der Waals surface area contributed by atoms with Crippen LogP contribution >= 0.6 is 11.8 Å². The molecule has 3 aromatic carbocycles. The monoisotopic (exact) mass is 623 g/mol. The van der Waals surface area contributed by atoms with Gasteiger partial charge < -0.3 is 19.7 Å². The SMILES string of the molecule is CC(C)(C)OC(=O)N[C@@H]1C(=O)N2C(C(=O)OC(c3ccccc3)c3ccccc3)=C(C=C3CN(c4ccccc4)C3=O)CS[C@H]12. The third-order valence-corrected chi connectivity index (χ3v) is 8.86. The van der Waals surface area contributed by atoms with Gasteiger partial charge in [0, 0.05) is 17.0 Å². The summed E-state index contributed by atoms with van der Waals surface area (Å²) in [5.41, 5.74) is 2.70. The third kappa shape index (κ3) is 6.23. The summed E-state index contributed by atoms with van der Waals surface area (Å²) in [5.74, 6) is -0.989. The van der Waals surface area contributed by atoms with Gasteiger partial charge in [0.25, 0.3) is 11.8 Å². The van der Waals surface area contributed by atoms with Crippen molar-refractivity contribution < 1.29 is 28.7 Å². The summed E-state index contributed by atoms with van der Waals surface area (Å²) in [5, 5.41) is 2.12. The number of amides is 3. The van der Waals surface area contributed by atoms with E-state index in [0.29, 0.717) is 23.4 Å². The first-order valence-electron chi connectivity index (χ1n) is 14.7. The maximum absolute atomic E-state index is 14.2. The molecule has 3 aliphatic heterocycles. The highest BCUT2D eigenvalue weighted by molar-refractivity contribution is 8.00. The number of thioether (sulfide) groups is 1. The number of rotatable bonds is 7. The summed E-state index contributed by atoms with van der Waals surface area (Å²) in [6.07, 6.45) is 0.250. The van der Waals surface area contributed by atoms with E-state index in [1.165, 1.54) is 16.7 Å². The fourth-order valence-corrected chi connectivity index (χ4v) is 6.76. The standard InChI is InChI=1S/C35H33N3O6S/c1-35(2,3)44-34(42)36-27-31(40)38-28(33(41)43-29(22-13-7-4-8-14-22)23-15-9-5-10-16-23)25(21-45-32(27)38)19-24-20-37(30(24)39)26-17-11-6-12-18-26/h4-19,27,29,32H,20-21H2,1-3H3,(H,36,42)/t27-,32-/m1/s1. The number of β-lactam (4-membered cyclic amide) rings is 2. The first-order chi connectivity index (χ1) is 21.6. The van der Waals surface area contributed by atoms with Crippen molar-refractivity contribution in [3.05, 3.63) is 125 Å². The quantitative estimate of drug-likeness (QED) is 0.215. The molecule has 3 aromatic rings. The summed E-state index contributed by atoms with van der Waals surface area (Å²) < 4.78 is 11.6. The molecule has 2 saturated heterocycles. The lowest BCUT2D eigenvalue weighted by atomic mass is 9.98. The first kappa shape index (κ1) is 30.2. The maximum atomic E-state index is 14.2. The predicted octanol–water partition coefficient (Wildman–Crippen LogP) is 5.35. The summed E-state index contributed by atoms with van der Waals surface area (Å²) in [4.78, 5) is 56.4. The Labute approximate surface area is 265 Å². The largest absolute Gasteiger partial charge is 0.448 e. The Morgan fingerprint density at radius 3 is 2.04 bits per heavy atom. The highest BCUT2D eigenvalue weighted by atomic mass is 32.2. The molecular weight excluding hydrogens is 590 g/mol. The van der Waals surface area contributed by atoms with Crippen LogP contribution in [-0.4, -0.2) is 58.1 Å². The lowest BCUT2D eigenvalue weighted by Gasteiger charge is -2.49. The van der Waals surface area contributed by atoms with Crippen LogP contribution < -0.4 is 10.2 Å². The zero-order valence-corrected chi connectivity index (χ0v) is 26.0. The molecule has 3 heterocycles. The number of nitrogens with zero attached hydrogens (tertiary/aromatic N) is 2. The van der Waals surface area contributed by atoms with Crippen molar-refractivity contribution in [2.75, 3.05) is 17.2 Å². The molecule has 2 atom stereocenters. The molecule has 10 heteroatoms. The van der Waals surface area contributed by atoms with Crippen LogP contribution in [0.4, 0.5) is 10.5 Å². The van der Waals surface area contributed by atoms with Crippen LogP contribution in [0.15, 0.2) is 114 Å². The lowest BCUT2D eigenvalue weighted by Crippen LogP contribution is -2.70. The highest BCUT2D eigenvalue weighted by Gasteiger charge is 2.55. The maximum Gasteiger partial charge on any atom is 0.408 e. The molecule has 230 valence electrons. The number of hydrogen-bond donors (Lipinski definition) is 1. The molecule has 3 aliphatic rings. The van der Waals surface area contributed by atoms with E-state index in [9.17, 15) is 19.2 Å². The second-order valence-corrected chi connectivity index (χ2v) is 13.0. The Morgan fingerprint density at radius 2 is 1.49 bits per heavy atom. The molecule has 45 heavy (non-hydrogen) atoms. The van der Waals surface area contributed by atoms with E-state index in [2.05, 4.69) is 5.32 Å². The number of fused-ring (bicyclic) bond motifs is 1. The minimum Gasteiger partial charge on any atom is -0.448 e. The van der Waals surface area contributed by atoms with Crippen LogP contribution in [0.5, 0.6) is 0 Å². The number of hydrogen-bond acceptors (Lipinski definition) is 7. The molecule has 0 bridgehead atoms. The zero-order valence-electron chi connectivity index (χ0n) is 25.1. The Bertz CT molecular complexity index is 1640. The van der Waals surface area contributed by atoms with Crippen molar-refractivity contribution in [2.24, 2.45) is 0 Å². The van der Waals surface area contributed by atoms with Crippen molar-refractivity contribution in [1.82, 2.24) is 10.2 Å². The molecule has 6 rings (SSSR count). The van der Waals surface area contributed by atoms with E-state index >= 15 is 0 Å². The van der Waals surface area contributed by atoms with Gasteiger partial charge >= 0.3 is 12.1 Å². The molecule has 0 aliphatic carbocycles. The zero-order chi connectivity index (χ0) is 31.7. The van der Waals surface area contributed by atoms with Crippen molar-refractivity contribution >= 4 is 41.3 Å². The molecule has 0 spiro atoms. The second-order valence-electron chi connectivity index (χ2n) is 11.9. The normalized spacial score (nSPS) is 20.4.